The van der Waals surface area contributed by atoms with Gasteiger partial charge in [-0.1, -0.05) is 0 Å². The van der Waals surface area contributed by atoms with Crippen molar-refractivity contribution in [3.63, 3.8) is 0 Å². The molecule has 2 aromatic carbocycles. The van der Waals surface area contributed by atoms with Crippen molar-refractivity contribution in [2.75, 3.05) is 7.11 Å². The third-order valence-electron chi connectivity index (χ3n) is 3.04. The molecular weight excluding hydrogens is 288 g/mol. The number of aromatic hydroxyl groups is 1. The van der Waals surface area contributed by atoms with Gasteiger partial charge in [-0.25, -0.2) is 0 Å². The number of phenolic OH excluding ortho intramolecular Hbond substituents is 1. The Morgan fingerprint density at radius 2 is 1.81 bits per heavy atom. The van der Waals surface area contributed by atoms with E-state index in [-0.39, 0.29) is 5.75 Å². The molecule has 0 aliphatic carbocycles. The molecule has 0 radical (unpaired) electrons. The minimum atomic E-state index is 0.165. The zero-order chi connectivity index (χ0) is 14.8. The Morgan fingerprint density at radius 1 is 1.10 bits per heavy atom. The summed E-state index contributed by atoms with van der Waals surface area (Å²) in [6.45, 7) is 0. The van der Waals surface area contributed by atoms with Gasteiger partial charge in [0.25, 0.3) is 0 Å². The molecule has 4 nitrogen and oxygen atoms in total. The van der Waals surface area contributed by atoms with E-state index < -0.39 is 0 Å². The first-order valence-electron chi connectivity index (χ1n) is 6.24. The minimum Gasteiger partial charge on any atom is -0.508 e. The highest BCUT2D eigenvalue weighted by molar-refractivity contribution is 7.21. The van der Waals surface area contributed by atoms with Gasteiger partial charge in [-0.3, -0.25) is 4.79 Å². The number of benzene rings is 2. The Bertz CT molecular complexity index is 790. The summed E-state index contributed by atoms with van der Waals surface area (Å²) < 4.78 is 11.9. The molecule has 0 unspecified atom stereocenters. The van der Waals surface area contributed by atoms with Crippen molar-refractivity contribution in [2.45, 2.75) is 0 Å². The van der Waals surface area contributed by atoms with Crippen molar-refractivity contribution >= 4 is 27.7 Å². The summed E-state index contributed by atoms with van der Waals surface area (Å²) in [5, 5.41) is 10.1. The highest BCUT2D eigenvalue weighted by Crippen LogP contribution is 2.40. The second-order valence-electron chi connectivity index (χ2n) is 4.37. The molecule has 21 heavy (non-hydrogen) atoms. The van der Waals surface area contributed by atoms with Crippen molar-refractivity contribution < 1.29 is 19.4 Å². The highest BCUT2D eigenvalue weighted by Gasteiger charge is 2.14. The second kappa shape index (κ2) is 5.46. The van der Waals surface area contributed by atoms with E-state index in [1.165, 1.54) is 23.5 Å². The Balaban J connectivity index is 2.07. The minimum absolute atomic E-state index is 0.165. The molecule has 1 heterocycles. The third-order valence-corrected chi connectivity index (χ3v) is 4.10. The number of ether oxygens (including phenoxy) is 2. The summed E-state index contributed by atoms with van der Waals surface area (Å²) in [7, 11) is 1.60. The van der Waals surface area contributed by atoms with Gasteiger partial charge in [0.2, 0.25) is 0 Å². The van der Waals surface area contributed by atoms with Crippen LogP contribution in [-0.4, -0.2) is 18.5 Å². The number of phenols is 1. The quantitative estimate of drug-likeness (QED) is 0.733. The fourth-order valence-electron chi connectivity index (χ4n) is 2.01. The number of thiophene rings is 1. The maximum atomic E-state index is 11.3. The van der Waals surface area contributed by atoms with Gasteiger partial charge in [0.1, 0.15) is 22.1 Å². The van der Waals surface area contributed by atoms with Gasteiger partial charge in [-0.2, -0.15) is 0 Å². The smallest absolute Gasteiger partial charge is 0.163 e. The molecule has 0 fully saturated rings. The first kappa shape index (κ1) is 13.5. The Morgan fingerprint density at radius 3 is 2.48 bits per heavy atom. The van der Waals surface area contributed by atoms with E-state index in [9.17, 15) is 9.90 Å². The third kappa shape index (κ3) is 2.55. The fourth-order valence-corrected chi connectivity index (χ4v) is 2.99. The van der Waals surface area contributed by atoms with Gasteiger partial charge in [0, 0.05) is 10.1 Å². The summed E-state index contributed by atoms with van der Waals surface area (Å²) in [4.78, 5) is 11.8. The Hall–Kier alpha value is -2.53. The molecule has 0 aliphatic heterocycles. The van der Waals surface area contributed by atoms with Gasteiger partial charge >= 0.3 is 0 Å². The molecule has 3 aromatic rings. The summed E-state index contributed by atoms with van der Waals surface area (Å²) in [5.74, 6) is 1.99. The molecular formula is C16H12O4S. The number of rotatable bonds is 4. The molecule has 0 atom stereocenters. The van der Waals surface area contributed by atoms with Crippen LogP contribution >= 0.6 is 11.3 Å². The van der Waals surface area contributed by atoms with Gasteiger partial charge < -0.3 is 14.6 Å². The van der Waals surface area contributed by atoms with Gasteiger partial charge in [-0.05, 0) is 42.5 Å². The van der Waals surface area contributed by atoms with Crippen LogP contribution in [0.4, 0.5) is 0 Å². The molecule has 0 amide bonds. The van der Waals surface area contributed by atoms with Crippen LogP contribution < -0.4 is 9.47 Å². The molecule has 1 aromatic heterocycles. The van der Waals surface area contributed by atoms with Crippen LogP contribution in [0, 0.1) is 0 Å². The van der Waals surface area contributed by atoms with Gasteiger partial charge in [-0.15, -0.1) is 11.3 Å². The molecule has 0 saturated heterocycles. The molecule has 1 N–H and O–H groups in total. The molecule has 0 bridgehead atoms. The van der Waals surface area contributed by atoms with Crippen LogP contribution in [0.25, 0.3) is 10.1 Å². The number of carbonyl (C=O) groups excluding carboxylic acids is 1. The molecule has 3 rings (SSSR count). The van der Waals surface area contributed by atoms with Crippen LogP contribution in [0.3, 0.4) is 0 Å². The van der Waals surface area contributed by atoms with Crippen LogP contribution in [-0.2, 0) is 0 Å². The molecule has 5 heteroatoms. The monoisotopic (exact) mass is 300 g/mol. The van der Waals surface area contributed by atoms with E-state index in [4.69, 9.17) is 9.47 Å². The maximum Gasteiger partial charge on any atom is 0.163 e. The lowest BCUT2D eigenvalue weighted by atomic mass is 10.2. The average Bonchev–Trinajstić information content (AvgIpc) is 2.86. The Labute approximate surface area is 125 Å². The normalized spacial score (nSPS) is 10.5. The maximum absolute atomic E-state index is 11.3. The van der Waals surface area contributed by atoms with Crippen molar-refractivity contribution in [2.24, 2.45) is 0 Å². The molecule has 106 valence electrons. The number of hydrogen-bond acceptors (Lipinski definition) is 5. The van der Waals surface area contributed by atoms with E-state index in [1.54, 1.807) is 19.2 Å². The first-order valence-corrected chi connectivity index (χ1v) is 7.05. The molecule has 0 spiro atoms. The number of carbonyl (C=O) groups is 1. The summed E-state index contributed by atoms with van der Waals surface area (Å²) in [6.07, 6.45) is 0.785. The average molecular weight is 300 g/mol. The summed E-state index contributed by atoms with van der Waals surface area (Å²) >= 11 is 1.35. The van der Waals surface area contributed by atoms with E-state index in [0.29, 0.717) is 16.4 Å². The van der Waals surface area contributed by atoms with Crippen LogP contribution in [0.1, 0.15) is 9.67 Å². The van der Waals surface area contributed by atoms with Crippen LogP contribution in [0.2, 0.25) is 0 Å². The SMILES string of the molecule is COc1ccc2c(Oc3ccc(O)cc3)c(C=O)sc2c1. The van der Waals surface area contributed by atoms with E-state index in [1.807, 2.05) is 18.2 Å². The standard InChI is InChI=1S/C16H12O4S/c1-19-12-6-7-13-14(8-12)21-15(9-17)16(13)20-11-4-2-10(18)3-5-11/h2-9,18H,1H3. The topological polar surface area (TPSA) is 55.8 Å². The summed E-state index contributed by atoms with van der Waals surface area (Å²) in [5.41, 5.74) is 0. The fraction of sp³-hybridized carbons (Fsp3) is 0.0625. The Kier molecular flexibility index (Phi) is 3.50. The lowest BCUT2D eigenvalue weighted by Crippen LogP contribution is -1.86. The van der Waals surface area contributed by atoms with Gasteiger partial charge in [0.15, 0.2) is 12.0 Å². The largest absolute Gasteiger partial charge is 0.508 e. The van der Waals surface area contributed by atoms with Crippen molar-refractivity contribution in [1.29, 1.82) is 0 Å². The number of aldehydes is 1. The van der Waals surface area contributed by atoms with Crippen molar-refractivity contribution in [3.8, 4) is 23.0 Å². The predicted molar refractivity (Wildman–Crippen MR) is 81.9 cm³/mol. The number of fused-ring (bicyclic) bond motifs is 1. The highest BCUT2D eigenvalue weighted by atomic mass is 32.1. The predicted octanol–water partition coefficient (Wildman–Crippen LogP) is 4.22. The van der Waals surface area contributed by atoms with Gasteiger partial charge in [0.05, 0.1) is 7.11 Å². The van der Waals surface area contributed by atoms with E-state index in [2.05, 4.69) is 0 Å². The van der Waals surface area contributed by atoms with Crippen LogP contribution in [0.5, 0.6) is 23.0 Å². The second-order valence-corrected chi connectivity index (χ2v) is 5.46. The van der Waals surface area contributed by atoms with E-state index in [0.717, 1.165) is 22.1 Å². The summed E-state index contributed by atoms with van der Waals surface area (Å²) in [6, 6.07) is 11.9. The number of hydrogen-bond donors (Lipinski definition) is 1. The first-order chi connectivity index (χ1) is 10.2. The molecule has 0 saturated carbocycles. The zero-order valence-corrected chi connectivity index (χ0v) is 12.0. The van der Waals surface area contributed by atoms with E-state index >= 15 is 0 Å². The van der Waals surface area contributed by atoms with Crippen molar-refractivity contribution in [3.05, 3.63) is 47.3 Å². The van der Waals surface area contributed by atoms with Crippen molar-refractivity contribution in [1.82, 2.24) is 0 Å². The zero-order valence-electron chi connectivity index (χ0n) is 11.2. The molecule has 0 aliphatic rings. The number of methoxy groups -OCH3 is 1. The lowest BCUT2D eigenvalue weighted by molar-refractivity contribution is 0.112. The van der Waals surface area contributed by atoms with Crippen LogP contribution in [0.15, 0.2) is 42.5 Å². The lowest BCUT2D eigenvalue weighted by Gasteiger charge is -2.06.